The summed E-state index contributed by atoms with van der Waals surface area (Å²) in [4.78, 5) is 4.25. The lowest BCUT2D eigenvalue weighted by Crippen LogP contribution is -1.96. The van der Waals surface area contributed by atoms with Crippen LogP contribution in [0.1, 0.15) is 5.56 Å². The summed E-state index contributed by atoms with van der Waals surface area (Å²) in [6.07, 6.45) is 1.73. The molecule has 0 aliphatic heterocycles. The second-order valence-electron chi connectivity index (χ2n) is 3.26. The van der Waals surface area contributed by atoms with Crippen molar-refractivity contribution in [3.8, 4) is 11.3 Å². The Morgan fingerprint density at radius 2 is 1.65 bits per heavy atom. The second kappa shape index (κ2) is 7.22. The van der Waals surface area contributed by atoms with Crippen LogP contribution in [-0.4, -0.2) is 4.98 Å². The summed E-state index contributed by atoms with van der Waals surface area (Å²) < 4.78 is 12.7. The van der Waals surface area contributed by atoms with Crippen molar-refractivity contribution in [2.24, 2.45) is 5.73 Å². The zero-order valence-corrected chi connectivity index (χ0v) is 10.6. The summed E-state index contributed by atoms with van der Waals surface area (Å²) in [5.74, 6) is -0.239. The molecule has 0 fully saturated rings. The minimum atomic E-state index is -0.239. The van der Waals surface area contributed by atoms with Gasteiger partial charge in [-0.25, -0.2) is 4.39 Å². The molecule has 1 aromatic heterocycles. The highest BCUT2D eigenvalue weighted by atomic mass is 35.5. The Morgan fingerprint density at radius 3 is 2.12 bits per heavy atom. The number of hydrogen-bond donors (Lipinski definition) is 1. The molecule has 1 heterocycles. The predicted molar refractivity (Wildman–Crippen MR) is 72.0 cm³/mol. The molecule has 0 spiro atoms. The summed E-state index contributed by atoms with van der Waals surface area (Å²) in [5.41, 5.74) is 8.18. The normalized spacial score (nSPS) is 9.06. The maximum atomic E-state index is 12.7. The Bertz CT molecular complexity index is 443. The van der Waals surface area contributed by atoms with Crippen LogP contribution in [0.5, 0.6) is 0 Å². The molecule has 2 N–H and O–H groups in total. The van der Waals surface area contributed by atoms with Crippen LogP contribution >= 0.6 is 24.8 Å². The SMILES string of the molecule is Cl.Cl.NCc1ccc(-c2ccc(F)cc2)nc1. The summed E-state index contributed by atoms with van der Waals surface area (Å²) >= 11 is 0. The van der Waals surface area contributed by atoms with Crippen molar-refractivity contribution < 1.29 is 4.39 Å². The lowest BCUT2D eigenvalue weighted by Gasteiger charge is -2.01. The number of rotatable bonds is 2. The molecule has 2 rings (SSSR count). The van der Waals surface area contributed by atoms with Crippen LogP contribution in [0.15, 0.2) is 42.6 Å². The molecule has 17 heavy (non-hydrogen) atoms. The zero-order valence-electron chi connectivity index (χ0n) is 8.97. The molecule has 0 saturated carbocycles. The lowest BCUT2D eigenvalue weighted by molar-refractivity contribution is 0.628. The average molecular weight is 275 g/mol. The van der Waals surface area contributed by atoms with Crippen LogP contribution in [0.3, 0.4) is 0 Å². The largest absolute Gasteiger partial charge is 0.326 e. The van der Waals surface area contributed by atoms with Crippen LogP contribution in [0.2, 0.25) is 0 Å². The Morgan fingerprint density at radius 1 is 1.00 bits per heavy atom. The van der Waals surface area contributed by atoms with Crippen molar-refractivity contribution in [2.75, 3.05) is 0 Å². The van der Waals surface area contributed by atoms with E-state index in [0.717, 1.165) is 16.8 Å². The first-order chi connectivity index (χ1) is 7.29. The van der Waals surface area contributed by atoms with Gasteiger partial charge in [-0.2, -0.15) is 0 Å². The van der Waals surface area contributed by atoms with Crippen LogP contribution < -0.4 is 5.73 Å². The number of halogens is 3. The monoisotopic (exact) mass is 274 g/mol. The summed E-state index contributed by atoms with van der Waals surface area (Å²) in [6, 6.07) is 10.1. The predicted octanol–water partition coefficient (Wildman–Crippen LogP) is 3.19. The lowest BCUT2D eigenvalue weighted by atomic mass is 10.1. The molecule has 1 aromatic carbocycles. The molecule has 2 nitrogen and oxygen atoms in total. The van der Waals surface area contributed by atoms with Gasteiger partial charge in [0.15, 0.2) is 0 Å². The molecule has 2 aromatic rings. The Labute approximate surface area is 112 Å². The highest BCUT2D eigenvalue weighted by molar-refractivity contribution is 5.85. The number of hydrogen-bond acceptors (Lipinski definition) is 2. The van der Waals surface area contributed by atoms with E-state index < -0.39 is 0 Å². The van der Waals surface area contributed by atoms with E-state index in [-0.39, 0.29) is 30.6 Å². The van der Waals surface area contributed by atoms with Gasteiger partial charge in [0.2, 0.25) is 0 Å². The fourth-order valence-corrected chi connectivity index (χ4v) is 1.34. The molecule has 0 unspecified atom stereocenters. The standard InChI is InChI=1S/C12H11FN2.2ClH/c13-11-4-2-10(3-5-11)12-6-1-9(7-14)8-15-12;;/h1-6,8H,7,14H2;2*1H. The van der Waals surface area contributed by atoms with E-state index in [1.807, 2.05) is 12.1 Å². The van der Waals surface area contributed by atoms with Crippen molar-refractivity contribution in [1.29, 1.82) is 0 Å². The summed E-state index contributed by atoms with van der Waals surface area (Å²) in [6.45, 7) is 0.483. The number of nitrogens with zero attached hydrogens (tertiary/aromatic N) is 1. The Hall–Kier alpha value is -1.16. The molecular weight excluding hydrogens is 262 g/mol. The fourth-order valence-electron chi connectivity index (χ4n) is 1.34. The summed E-state index contributed by atoms with van der Waals surface area (Å²) in [5, 5.41) is 0. The molecule has 0 atom stereocenters. The van der Waals surface area contributed by atoms with Crippen LogP contribution in [0.25, 0.3) is 11.3 Å². The van der Waals surface area contributed by atoms with E-state index >= 15 is 0 Å². The van der Waals surface area contributed by atoms with Crippen molar-refractivity contribution in [3.05, 3.63) is 54.0 Å². The van der Waals surface area contributed by atoms with Crippen molar-refractivity contribution in [2.45, 2.75) is 6.54 Å². The molecule has 5 heteroatoms. The van der Waals surface area contributed by atoms with Gasteiger partial charge in [0.1, 0.15) is 5.82 Å². The van der Waals surface area contributed by atoms with Gasteiger partial charge < -0.3 is 5.73 Å². The molecule has 0 aliphatic carbocycles. The van der Waals surface area contributed by atoms with E-state index in [2.05, 4.69) is 4.98 Å². The molecule has 0 radical (unpaired) electrons. The van der Waals surface area contributed by atoms with Crippen molar-refractivity contribution in [1.82, 2.24) is 4.98 Å². The topological polar surface area (TPSA) is 38.9 Å². The first-order valence-electron chi connectivity index (χ1n) is 4.70. The van der Waals surface area contributed by atoms with E-state index in [9.17, 15) is 4.39 Å². The minimum absolute atomic E-state index is 0. The average Bonchev–Trinajstić information content (AvgIpc) is 2.30. The third-order valence-electron chi connectivity index (χ3n) is 2.20. The zero-order chi connectivity index (χ0) is 10.7. The molecule has 92 valence electrons. The third kappa shape index (κ3) is 3.97. The second-order valence-corrected chi connectivity index (χ2v) is 3.26. The number of pyridine rings is 1. The maximum Gasteiger partial charge on any atom is 0.123 e. The third-order valence-corrected chi connectivity index (χ3v) is 2.20. The van der Waals surface area contributed by atoms with Crippen molar-refractivity contribution >= 4 is 24.8 Å². The highest BCUT2D eigenvalue weighted by Crippen LogP contribution is 2.17. The smallest absolute Gasteiger partial charge is 0.123 e. The van der Waals surface area contributed by atoms with E-state index in [0.29, 0.717) is 6.54 Å². The molecule has 0 saturated heterocycles. The van der Waals surface area contributed by atoms with Gasteiger partial charge in [-0.1, -0.05) is 6.07 Å². The first kappa shape index (κ1) is 15.8. The van der Waals surface area contributed by atoms with Gasteiger partial charge in [-0.15, -0.1) is 24.8 Å². The van der Waals surface area contributed by atoms with Crippen LogP contribution in [0.4, 0.5) is 4.39 Å². The first-order valence-corrected chi connectivity index (χ1v) is 4.70. The van der Waals surface area contributed by atoms with Gasteiger partial charge in [-0.05, 0) is 35.9 Å². The van der Waals surface area contributed by atoms with Crippen LogP contribution in [-0.2, 0) is 6.54 Å². The van der Waals surface area contributed by atoms with E-state index in [4.69, 9.17) is 5.73 Å². The molecular formula is C12H13Cl2FN2. The fraction of sp³-hybridized carbons (Fsp3) is 0.0833. The number of aromatic nitrogens is 1. The van der Waals surface area contributed by atoms with E-state index in [1.54, 1.807) is 18.3 Å². The van der Waals surface area contributed by atoms with Gasteiger partial charge in [0.05, 0.1) is 5.69 Å². The van der Waals surface area contributed by atoms with Gasteiger partial charge in [0, 0.05) is 18.3 Å². The Balaban J connectivity index is 0.00000128. The molecule has 0 amide bonds. The maximum absolute atomic E-state index is 12.7. The van der Waals surface area contributed by atoms with Gasteiger partial charge in [-0.3, -0.25) is 4.98 Å². The quantitative estimate of drug-likeness (QED) is 0.914. The Kier molecular flexibility index (Phi) is 6.73. The summed E-state index contributed by atoms with van der Waals surface area (Å²) in [7, 11) is 0. The van der Waals surface area contributed by atoms with E-state index in [1.165, 1.54) is 12.1 Å². The molecule has 0 bridgehead atoms. The van der Waals surface area contributed by atoms with Gasteiger partial charge >= 0.3 is 0 Å². The molecule has 0 aliphatic rings. The number of nitrogens with two attached hydrogens (primary N) is 1. The van der Waals surface area contributed by atoms with Crippen molar-refractivity contribution in [3.63, 3.8) is 0 Å². The number of benzene rings is 1. The highest BCUT2D eigenvalue weighted by Gasteiger charge is 1.99. The van der Waals surface area contributed by atoms with Crippen LogP contribution in [0, 0.1) is 5.82 Å². The minimum Gasteiger partial charge on any atom is -0.326 e. The van der Waals surface area contributed by atoms with Gasteiger partial charge in [0.25, 0.3) is 0 Å².